The highest BCUT2D eigenvalue weighted by molar-refractivity contribution is 6.39. The molecule has 40 heavy (non-hydrogen) atoms. The molecule has 3 rings (SSSR count). The highest BCUT2D eigenvalue weighted by Gasteiger charge is 2.53. The molecule has 0 aromatic heterocycles. The van der Waals surface area contributed by atoms with Crippen LogP contribution in [-0.2, 0) is 28.6 Å². The first kappa shape index (κ1) is 33.0. The predicted octanol–water partition coefficient (Wildman–Crippen LogP) is 5.14. The van der Waals surface area contributed by atoms with Gasteiger partial charge in [-0.1, -0.05) is 48.5 Å². The van der Waals surface area contributed by atoms with Gasteiger partial charge in [-0.25, -0.2) is 4.79 Å². The fraction of sp³-hybridized carbons (Fsp3) is 0.906. The maximum absolute atomic E-state index is 13.6. The van der Waals surface area contributed by atoms with Gasteiger partial charge in [-0.2, -0.15) is 0 Å². The molecule has 8 nitrogen and oxygen atoms in total. The lowest BCUT2D eigenvalue weighted by Gasteiger charge is -2.43. The Balaban J connectivity index is 1.70. The maximum Gasteiger partial charge on any atom is 0.329 e. The monoisotopic (exact) mass is 565 g/mol. The van der Waals surface area contributed by atoms with E-state index >= 15 is 0 Å². The number of aliphatic hydroxyl groups is 1. The molecule has 1 saturated carbocycles. The Morgan fingerprint density at radius 3 is 2.33 bits per heavy atom. The van der Waals surface area contributed by atoms with Gasteiger partial charge < -0.3 is 24.2 Å². The number of amides is 1. The van der Waals surface area contributed by atoms with Crippen LogP contribution in [-0.4, -0.2) is 71.5 Å². The molecule has 9 atom stereocenters. The number of nitrogens with zero attached hydrogens (tertiary/aromatic N) is 1. The van der Waals surface area contributed by atoms with Crippen molar-refractivity contribution in [3.8, 4) is 0 Å². The van der Waals surface area contributed by atoms with Gasteiger partial charge in [-0.3, -0.25) is 9.59 Å². The van der Waals surface area contributed by atoms with E-state index in [1.54, 1.807) is 14.0 Å². The lowest BCUT2D eigenvalue weighted by molar-refractivity contribution is -0.269. The zero-order valence-electron chi connectivity index (χ0n) is 26.2. The van der Waals surface area contributed by atoms with Crippen molar-refractivity contribution in [3.05, 3.63) is 0 Å². The van der Waals surface area contributed by atoms with Gasteiger partial charge in [0, 0.05) is 19.6 Å². The molecule has 1 aliphatic carbocycles. The molecule has 2 aliphatic heterocycles. The molecule has 0 aromatic carbocycles. The first-order valence-electron chi connectivity index (χ1n) is 15.8. The number of Topliss-reactive ketones (excluding diaryl/α,β-unsaturated/α-hetero) is 1. The first-order chi connectivity index (χ1) is 18.8. The van der Waals surface area contributed by atoms with Gasteiger partial charge in [0.1, 0.15) is 12.1 Å². The molecule has 0 bridgehead atoms. The van der Waals surface area contributed by atoms with Crippen LogP contribution >= 0.6 is 0 Å². The second-order valence-electron chi connectivity index (χ2n) is 13.7. The smallest absolute Gasteiger partial charge is 0.329 e. The molecule has 2 saturated heterocycles. The topological polar surface area (TPSA) is 102 Å². The van der Waals surface area contributed by atoms with Crippen LogP contribution in [0, 0.1) is 35.5 Å². The van der Waals surface area contributed by atoms with Crippen molar-refractivity contribution >= 4 is 17.7 Å². The molecular weight excluding hydrogens is 510 g/mol. The van der Waals surface area contributed by atoms with Gasteiger partial charge in [0.15, 0.2) is 0 Å². The van der Waals surface area contributed by atoms with E-state index in [1.807, 2.05) is 13.8 Å². The molecule has 230 valence electrons. The Hall–Kier alpha value is -1.51. The second-order valence-corrected chi connectivity index (χ2v) is 13.7. The van der Waals surface area contributed by atoms with Gasteiger partial charge in [0.2, 0.25) is 5.79 Å². The van der Waals surface area contributed by atoms with Crippen molar-refractivity contribution in [1.29, 1.82) is 0 Å². The van der Waals surface area contributed by atoms with Gasteiger partial charge in [-0.15, -0.1) is 0 Å². The lowest BCUT2D eigenvalue weighted by Crippen LogP contribution is -2.61. The number of likely N-dealkylation sites (tertiary alicyclic amines) is 1. The maximum atomic E-state index is 13.6. The molecule has 0 spiro atoms. The van der Waals surface area contributed by atoms with E-state index in [-0.39, 0.29) is 42.6 Å². The summed E-state index contributed by atoms with van der Waals surface area (Å²) in [5.74, 6) is -3.52. The van der Waals surface area contributed by atoms with Gasteiger partial charge >= 0.3 is 5.97 Å². The van der Waals surface area contributed by atoms with Crippen LogP contribution < -0.4 is 0 Å². The van der Waals surface area contributed by atoms with Crippen molar-refractivity contribution in [3.63, 3.8) is 0 Å². The highest BCUT2D eigenvalue weighted by Crippen LogP contribution is 2.38. The van der Waals surface area contributed by atoms with Gasteiger partial charge in [0.05, 0.1) is 12.2 Å². The Kier molecular flexibility index (Phi) is 11.6. The van der Waals surface area contributed by atoms with Crippen molar-refractivity contribution in [2.75, 3.05) is 13.7 Å². The third-order valence-electron chi connectivity index (χ3n) is 9.89. The summed E-state index contributed by atoms with van der Waals surface area (Å²) in [5.41, 5.74) is 0. The minimum atomic E-state index is -2.18. The number of piperidine rings is 1. The number of methoxy groups -OCH3 is 1. The summed E-state index contributed by atoms with van der Waals surface area (Å²) < 4.78 is 17.8. The molecule has 1 unspecified atom stereocenters. The molecule has 2 heterocycles. The summed E-state index contributed by atoms with van der Waals surface area (Å²) in [6.45, 7) is 14.5. The molecule has 1 amide bonds. The summed E-state index contributed by atoms with van der Waals surface area (Å²) in [7, 11) is 1.79. The number of ketones is 1. The van der Waals surface area contributed by atoms with Crippen molar-refractivity contribution in [2.24, 2.45) is 35.5 Å². The van der Waals surface area contributed by atoms with Crippen LogP contribution in [0.5, 0.6) is 0 Å². The Bertz CT molecular complexity index is 875. The number of hydrogen-bond donors (Lipinski definition) is 1. The quantitative estimate of drug-likeness (QED) is 0.289. The molecule has 3 aliphatic rings. The van der Waals surface area contributed by atoms with E-state index in [0.29, 0.717) is 31.1 Å². The standard InChI is InChI=1S/C32H55NO7/c1-19(2)26-15-13-23(7)32(37,40-26)29(34)30(35)33-16-10-9-11-25(33)31(36)39-28(20(3)4)22(6)17-24-14-12-21(5)27(18-24)38-8/h19-28,37H,9-18H2,1-8H3/t21-,22-,23-,24+,25+,26?,27-,28+,32-/m1/s1. The fourth-order valence-electron chi connectivity index (χ4n) is 7.15. The summed E-state index contributed by atoms with van der Waals surface area (Å²) in [5, 5.41) is 11.3. The van der Waals surface area contributed by atoms with Gasteiger partial charge in [0.25, 0.3) is 11.7 Å². The van der Waals surface area contributed by atoms with E-state index < -0.39 is 35.4 Å². The SMILES string of the molecule is CO[C@@H]1C[C@H](C[C@@H](C)[C@@H](OC(=O)[C@@H]2CCCCN2C(=O)C(=O)[C@]2(O)OC(C(C)C)CC[C@H]2C)C(C)C)CC[C@H]1C. The summed E-state index contributed by atoms with van der Waals surface area (Å²) in [4.78, 5) is 42.0. The minimum absolute atomic E-state index is 0.104. The average molecular weight is 566 g/mol. The molecule has 1 N–H and O–H groups in total. The zero-order valence-corrected chi connectivity index (χ0v) is 26.2. The van der Waals surface area contributed by atoms with E-state index in [2.05, 4.69) is 27.7 Å². The summed E-state index contributed by atoms with van der Waals surface area (Å²) >= 11 is 0. The molecule has 3 fully saturated rings. The largest absolute Gasteiger partial charge is 0.460 e. The predicted molar refractivity (Wildman–Crippen MR) is 153 cm³/mol. The number of esters is 1. The molecule has 0 aromatic rings. The van der Waals surface area contributed by atoms with Crippen LogP contribution in [0.3, 0.4) is 0 Å². The number of hydrogen-bond acceptors (Lipinski definition) is 7. The Morgan fingerprint density at radius 2 is 1.70 bits per heavy atom. The fourth-order valence-corrected chi connectivity index (χ4v) is 7.15. The van der Waals surface area contributed by atoms with Crippen LogP contribution in [0.2, 0.25) is 0 Å². The third-order valence-corrected chi connectivity index (χ3v) is 9.89. The highest BCUT2D eigenvalue weighted by atomic mass is 16.6. The van der Waals surface area contributed by atoms with Crippen LogP contribution in [0.4, 0.5) is 0 Å². The summed E-state index contributed by atoms with van der Waals surface area (Å²) in [6.07, 6.45) is 7.15. The van der Waals surface area contributed by atoms with E-state index in [0.717, 1.165) is 38.5 Å². The van der Waals surface area contributed by atoms with E-state index in [4.69, 9.17) is 14.2 Å². The van der Waals surface area contributed by atoms with Crippen LogP contribution in [0.25, 0.3) is 0 Å². The van der Waals surface area contributed by atoms with Crippen molar-refractivity contribution in [1.82, 2.24) is 4.90 Å². The third kappa shape index (κ3) is 7.46. The van der Waals surface area contributed by atoms with E-state index in [1.165, 1.54) is 4.90 Å². The van der Waals surface area contributed by atoms with E-state index in [9.17, 15) is 19.5 Å². The Labute approximate surface area is 241 Å². The lowest BCUT2D eigenvalue weighted by atomic mass is 9.75. The molecular formula is C32H55NO7. The van der Waals surface area contributed by atoms with Crippen molar-refractivity contribution < 1.29 is 33.7 Å². The molecule has 0 radical (unpaired) electrons. The van der Waals surface area contributed by atoms with Crippen LogP contribution in [0.1, 0.15) is 106 Å². The van der Waals surface area contributed by atoms with Gasteiger partial charge in [-0.05, 0) is 87.4 Å². The van der Waals surface area contributed by atoms with Crippen molar-refractivity contribution in [2.45, 2.75) is 136 Å². The second kappa shape index (κ2) is 14.1. The average Bonchev–Trinajstić information content (AvgIpc) is 2.92. The minimum Gasteiger partial charge on any atom is -0.460 e. The number of ether oxygens (including phenoxy) is 3. The van der Waals surface area contributed by atoms with Crippen LogP contribution in [0.15, 0.2) is 0 Å². The number of carbonyl (C=O) groups excluding carboxylic acids is 3. The molecule has 8 heteroatoms. The normalized spacial score (nSPS) is 34.9. The number of carbonyl (C=O) groups is 3. The first-order valence-corrected chi connectivity index (χ1v) is 15.8. The summed E-state index contributed by atoms with van der Waals surface area (Å²) in [6, 6.07) is -0.838. The Morgan fingerprint density at radius 1 is 1.00 bits per heavy atom. The zero-order chi connectivity index (χ0) is 29.8. The number of rotatable bonds is 10.